The first-order valence-electron chi connectivity index (χ1n) is 9.12. The van der Waals surface area contributed by atoms with Gasteiger partial charge in [0.05, 0.1) is 11.2 Å². The van der Waals surface area contributed by atoms with Crippen molar-refractivity contribution in [2.24, 2.45) is 5.92 Å². The number of piperidine rings is 1. The van der Waals surface area contributed by atoms with Crippen molar-refractivity contribution in [2.45, 2.75) is 19.4 Å². The van der Waals surface area contributed by atoms with Crippen LogP contribution in [0.1, 0.15) is 18.4 Å². The highest BCUT2D eigenvalue weighted by atomic mass is 19.1. The van der Waals surface area contributed by atoms with E-state index < -0.39 is 0 Å². The van der Waals surface area contributed by atoms with Crippen molar-refractivity contribution in [1.82, 2.24) is 19.9 Å². The van der Waals surface area contributed by atoms with Gasteiger partial charge in [0.1, 0.15) is 17.7 Å². The molecule has 6 nitrogen and oxygen atoms in total. The molecule has 1 aromatic carbocycles. The number of hydrogen-bond donors (Lipinski definition) is 2. The number of nitrogens with zero attached hydrogens (tertiary/aromatic N) is 4. The Morgan fingerprint density at radius 1 is 1.15 bits per heavy atom. The number of anilines is 1. The monoisotopic (exact) mass is 367 g/mol. The van der Waals surface area contributed by atoms with E-state index in [4.69, 9.17) is 5.73 Å². The molecule has 2 aromatic heterocycles. The third-order valence-corrected chi connectivity index (χ3v) is 5.14. The molecule has 140 valence electrons. The number of likely N-dealkylation sites (tertiary alicyclic amines) is 1. The van der Waals surface area contributed by atoms with Gasteiger partial charge >= 0.3 is 0 Å². The number of nitrogens with two attached hydrogens (primary N) is 1. The van der Waals surface area contributed by atoms with Crippen LogP contribution in [-0.4, -0.2) is 44.7 Å². The molecule has 3 N–H and O–H groups in total. The van der Waals surface area contributed by atoms with Crippen molar-refractivity contribution in [3.05, 3.63) is 48.0 Å². The van der Waals surface area contributed by atoms with Crippen LogP contribution >= 0.6 is 0 Å². The molecule has 0 saturated carbocycles. The second kappa shape index (κ2) is 7.54. The summed E-state index contributed by atoms with van der Waals surface area (Å²) in [6.45, 7) is 2.76. The Morgan fingerprint density at radius 3 is 2.74 bits per heavy atom. The maximum atomic E-state index is 14.2. The summed E-state index contributed by atoms with van der Waals surface area (Å²) in [5.41, 5.74) is 9.34. The molecule has 0 spiro atoms. The minimum Gasteiger partial charge on any atom is -0.396 e. The third-order valence-electron chi connectivity index (χ3n) is 5.14. The lowest BCUT2D eigenvalue weighted by atomic mass is 9.97. The fourth-order valence-electron chi connectivity index (χ4n) is 3.59. The summed E-state index contributed by atoms with van der Waals surface area (Å²) in [4.78, 5) is 15.0. The summed E-state index contributed by atoms with van der Waals surface area (Å²) >= 11 is 0. The predicted octanol–water partition coefficient (Wildman–Crippen LogP) is 2.62. The summed E-state index contributed by atoms with van der Waals surface area (Å²) in [5.74, 6) is 0.413. The Morgan fingerprint density at radius 2 is 1.96 bits per heavy atom. The van der Waals surface area contributed by atoms with Crippen LogP contribution in [0.5, 0.6) is 0 Å². The molecule has 27 heavy (non-hydrogen) atoms. The number of aliphatic hydroxyl groups excluding tert-OH is 1. The molecule has 1 aliphatic rings. The highest BCUT2D eigenvalue weighted by Gasteiger charge is 2.19. The molecule has 4 rings (SSSR count). The van der Waals surface area contributed by atoms with Crippen LogP contribution in [0.4, 0.5) is 10.2 Å². The maximum Gasteiger partial charge on any atom is 0.153 e. The van der Waals surface area contributed by atoms with Gasteiger partial charge in [-0.15, -0.1) is 0 Å². The van der Waals surface area contributed by atoms with Crippen LogP contribution in [-0.2, 0) is 6.54 Å². The van der Waals surface area contributed by atoms with Gasteiger partial charge in [0.2, 0.25) is 0 Å². The van der Waals surface area contributed by atoms with E-state index in [9.17, 15) is 9.50 Å². The van der Waals surface area contributed by atoms with Gasteiger partial charge in [0.15, 0.2) is 5.82 Å². The lowest BCUT2D eigenvalue weighted by Gasteiger charge is -2.31. The molecule has 0 aliphatic carbocycles. The van der Waals surface area contributed by atoms with Gasteiger partial charge in [-0.3, -0.25) is 4.90 Å². The Kier molecular flexibility index (Phi) is 4.96. The molecule has 0 radical (unpaired) electrons. The van der Waals surface area contributed by atoms with Gasteiger partial charge in [0.25, 0.3) is 0 Å². The van der Waals surface area contributed by atoms with E-state index in [1.54, 1.807) is 6.07 Å². The van der Waals surface area contributed by atoms with Crippen molar-refractivity contribution in [3.63, 3.8) is 0 Å². The van der Waals surface area contributed by atoms with Gasteiger partial charge in [-0.05, 0) is 67.7 Å². The Balaban J connectivity index is 1.60. The summed E-state index contributed by atoms with van der Waals surface area (Å²) in [5, 5.41) is 9.27. The fraction of sp³-hybridized carbons (Fsp3) is 0.350. The van der Waals surface area contributed by atoms with E-state index >= 15 is 0 Å². The van der Waals surface area contributed by atoms with E-state index in [1.807, 2.05) is 18.2 Å². The van der Waals surface area contributed by atoms with E-state index in [1.165, 1.54) is 12.4 Å². The average Bonchev–Trinajstić information content (AvgIpc) is 2.68. The van der Waals surface area contributed by atoms with E-state index in [0.717, 1.165) is 31.5 Å². The average molecular weight is 367 g/mol. The standard InChI is InChI=1S/C20H22FN5O/c21-16-8-14(10-26-5-3-13(11-27)4-6-26)7-15(9-16)17-1-2-18-19(25-17)20(22)24-12-23-18/h1-2,7-9,12-13,27H,3-6,10-11H2,(H2,22,23,24). The second-order valence-electron chi connectivity index (χ2n) is 7.07. The molecule has 1 saturated heterocycles. The number of aliphatic hydroxyl groups is 1. The summed E-state index contributed by atoms with van der Waals surface area (Å²) in [6.07, 6.45) is 3.35. The molecular formula is C20H22FN5O. The summed E-state index contributed by atoms with van der Waals surface area (Å²) < 4.78 is 14.2. The van der Waals surface area contributed by atoms with Gasteiger partial charge < -0.3 is 10.8 Å². The van der Waals surface area contributed by atoms with Crippen molar-refractivity contribution in [2.75, 3.05) is 25.4 Å². The van der Waals surface area contributed by atoms with Crippen molar-refractivity contribution in [1.29, 1.82) is 0 Å². The van der Waals surface area contributed by atoms with Gasteiger partial charge in [-0.1, -0.05) is 0 Å². The van der Waals surface area contributed by atoms with E-state index in [2.05, 4.69) is 19.9 Å². The number of fused-ring (bicyclic) bond motifs is 1. The molecule has 0 unspecified atom stereocenters. The van der Waals surface area contributed by atoms with Crippen LogP contribution in [0.15, 0.2) is 36.7 Å². The fourth-order valence-corrected chi connectivity index (χ4v) is 3.59. The topological polar surface area (TPSA) is 88.2 Å². The smallest absolute Gasteiger partial charge is 0.153 e. The summed E-state index contributed by atoms with van der Waals surface area (Å²) in [6, 6.07) is 8.66. The number of aromatic nitrogens is 3. The van der Waals surface area contributed by atoms with Crippen LogP contribution in [0.2, 0.25) is 0 Å². The van der Waals surface area contributed by atoms with Crippen molar-refractivity contribution in [3.8, 4) is 11.3 Å². The van der Waals surface area contributed by atoms with Crippen molar-refractivity contribution < 1.29 is 9.50 Å². The van der Waals surface area contributed by atoms with Crippen LogP contribution in [0.3, 0.4) is 0 Å². The van der Waals surface area contributed by atoms with Gasteiger partial charge in [0, 0.05) is 18.7 Å². The quantitative estimate of drug-likeness (QED) is 0.737. The Bertz CT molecular complexity index is 956. The third kappa shape index (κ3) is 3.89. The van der Waals surface area contributed by atoms with Crippen LogP contribution in [0, 0.1) is 11.7 Å². The summed E-state index contributed by atoms with van der Waals surface area (Å²) in [7, 11) is 0. The zero-order chi connectivity index (χ0) is 18.8. The van der Waals surface area contributed by atoms with Crippen LogP contribution in [0.25, 0.3) is 22.3 Å². The van der Waals surface area contributed by atoms with Crippen molar-refractivity contribution >= 4 is 16.9 Å². The SMILES string of the molecule is Nc1ncnc2ccc(-c3cc(F)cc(CN4CCC(CO)CC4)c3)nc12. The number of rotatable bonds is 4. The molecule has 1 fully saturated rings. The van der Waals surface area contributed by atoms with E-state index in [-0.39, 0.29) is 12.4 Å². The molecule has 0 bridgehead atoms. The molecular weight excluding hydrogens is 345 g/mol. The zero-order valence-electron chi connectivity index (χ0n) is 15.0. The highest BCUT2D eigenvalue weighted by molar-refractivity contribution is 5.85. The molecule has 3 heterocycles. The number of nitrogen functional groups attached to an aromatic ring is 1. The number of benzene rings is 1. The number of hydrogen-bond acceptors (Lipinski definition) is 6. The minimum absolute atomic E-state index is 0.248. The van der Waals surface area contributed by atoms with Gasteiger partial charge in [-0.2, -0.15) is 0 Å². The highest BCUT2D eigenvalue weighted by Crippen LogP contribution is 2.25. The maximum absolute atomic E-state index is 14.2. The normalized spacial score (nSPS) is 16.1. The zero-order valence-corrected chi connectivity index (χ0v) is 15.0. The molecule has 0 amide bonds. The molecule has 3 aromatic rings. The molecule has 7 heteroatoms. The van der Waals surface area contributed by atoms with Gasteiger partial charge in [-0.25, -0.2) is 19.3 Å². The van der Waals surface area contributed by atoms with Crippen LogP contribution < -0.4 is 5.73 Å². The predicted molar refractivity (Wildman–Crippen MR) is 102 cm³/mol. The second-order valence-corrected chi connectivity index (χ2v) is 7.07. The largest absolute Gasteiger partial charge is 0.396 e. The lowest BCUT2D eigenvalue weighted by molar-refractivity contribution is 0.127. The van der Waals surface area contributed by atoms with E-state index in [0.29, 0.717) is 40.6 Å². The first-order chi connectivity index (χ1) is 13.1. The first kappa shape index (κ1) is 17.8. The first-order valence-corrected chi connectivity index (χ1v) is 9.12. The molecule has 1 aliphatic heterocycles. The molecule has 0 atom stereocenters. The lowest BCUT2D eigenvalue weighted by Crippen LogP contribution is -2.34. The minimum atomic E-state index is -0.285. The Labute approximate surface area is 156 Å². The Hall–Kier alpha value is -2.64. The number of pyridine rings is 1. The number of halogens is 1.